The zero-order valence-electron chi connectivity index (χ0n) is 9.58. The quantitative estimate of drug-likeness (QED) is 0.824. The summed E-state index contributed by atoms with van der Waals surface area (Å²) in [5.41, 5.74) is 5.96. The highest BCUT2D eigenvalue weighted by molar-refractivity contribution is 6.42. The number of hydrogen-bond donors (Lipinski definition) is 2. The van der Waals surface area contributed by atoms with E-state index in [-0.39, 0.29) is 11.3 Å². The van der Waals surface area contributed by atoms with Crippen molar-refractivity contribution in [3.8, 4) is 0 Å². The lowest BCUT2D eigenvalue weighted by atomic mass is 10.2. The van der Waals surface area contributed by atoms with Gasteiger partial charge in [-0.25, -0.2) is 4.39 Å². The van der Waals surface area contributed by atoms with Crippen molar-refractivity contribution < 1.29 is 9.18 Å². The normalized spacial score (nSPS) is 10.3. The summed E-state index contributed by atoms with van der Waals surface area (Å²) < 4.78 is 13.3. The van der Waals surface area contributed by atoms with Crippen molar-refractivity contribution in [3.05, 3.63) is 57.8 Å². The fourth-order valence-corrected chi connectivity index (χ4v) is 1.74. The van der Waals surface area contributed by atoms with Gasteiger partial charge in [-0.2, -0.15) is 0 Å². The number of anilines is 2. The van der Waals surface area contributed by atoms with Crippen molar-refractivity contribution in [2.45, 2.75) is 0 Å². The number of halogens is 3. The van der Waals surface area contributed by atoms with Crippen LogP contribution in [0.15, 0.2) is 36.4 Å². The molecule has 0 bridgehead atoms. The van der Waals surface area contributed by atoms with Gasteiger partial charge in [-0.3, -0.25) is 4.79 Å². The zero-order chi connectivity index (χ0) is 14.0. The van der Waals surface area contributed by atoms with E-state index >= 15 is 0 Å². The number of carbonyl (C=O) groups is 1. The van der Waals surface area contributed by atoms with Gasteiger partial charge in [-0.05, 0) is 36.4 Å². The molecule has 0 atom stereocenters. The predicted molar refractivity (Wildman–Crippen MR) is 75.2 cm³/mol. The topological polar surface area (TPSA) is 55.1 Å². The highest BCUT2D eigenvalue weighted by atomic mass is 35.5. The zero-order valence-corrected chi connectivity index (χ0v) is 11.1. The van der Waals surface area contributed by atoms with Gasteiger partial charge in [0.25, 0.3) is 5.91 Å². The van der Waals surface area contributed by atoms with Crippen LogP contribution in [0, 0.1) is 5.82 Å². The van der Waals surface area contributed by atoms with E-state index in [1.54, 1.807) is 12.1 Å². The van der Waals surface area contributed by atoms with E-state index in [1.165, 1.54) is 18.2 Å². The SMILES string of the molecule is Nc1ccc(C(=O)Nc2ccc(Cl)c(Cl)c2)cc1F. The maximum atomic E-state index is 13.3. The minimum Gasteiger partial charge on any atom is -0.396 e. The third-order valence-electron chi connectivity index (χ3n) is 2.44. The molecule has 6 heteroatoms. The lowest BCUT2D eigenvalue weighted by Gasteiger charge is -2.07. The Bertz CT molecular complexity index is 647. The van der Waals surface area contributed by atoms with Crippen LogP contribution < -0.4 is 11.1 Å². The number of nitrogens with two attached hydrogens (primary N) is 1. The van der Waals surface area contributed by atoms with Gasteiger partial charge in [0, 0.05) is 11.3 Å². The van der Waals surface area contributed by atoms with Gasteiger partial charge in [0.15, 0.2) is 0 Å². The number of hydrogen-bond acceptors (Lipinski definition) is 2. The van der Waals surface area contributed by atoms with Gasteiger partial charge in [0.05, 0.1) is 15.7 Å². The molecular weight excluding hydrogens is 290 g/mol. The fraction of sp³-hybridized carbons (Fsp3) is 0. The summed E-state index contributed by atoms with van der Waals surface area (Å²) in [5, 5.41) is 3.29. The molecule has 2 aromatic carbocycles. The molecule has 0 aliphatic rings. The van der Waals surface area contributed by atoms with E-state index < -0.39 is 11.7 Å². The van der Waals surface area contributed by atoms with Gasteiger partial charge >= 0.3 is 0 Å². The summed E-state index contributed by atoms with van der Waals surface area (Å²) in [6.07, 6.45) is 0. The highest BCUT2D eigenvalue weighted by Gasteiger charge is 2.09. The first-order valence-electron chi connectivity index (χ1n) is 5.29. The maximum Gasteiger partial charge on any atom is 0.255 e. The Labute approximate surface area is 119 Å². The number of rotatable bonds is 2. The van der Waals surface area contributed by atoms with Crippen LogP contribution >= 0.6 is 23.2 Å². The second kappa shape index (κ2) is 5.47. The Morgan fingerprint density at radius 2 is 1.84 bits per heavy atom. The molecule has 0 unspecified atom stereocenters. The Balaban J connectivity index is 2.20. The molecule has 3 nitrogen and oxygen atoms in total. The molecule has 0 fully saturated rings. The number of benzene rings is 2. The van der Waals surface area contributed by atoms with E-state index in [1.807, 2.05) is 0 Å². The molecule has 0 spiro atoms. The van der Waals surface area contributed by atoms with Gasteiger partial charge in [0.1, 0.15) is 5.82 Å². The molecule has 98 valence electrons. The van der Waals surface area contributed by atoms with E-state index in [0.29, 0.717) is 15.7 Å². The molecule has 0 heterocycles. The van der Waals surface area contributed by atoms with Crippen molar-refractivity contribution >= 4 is 40.5 Å². The second-order valence-corrected chi connectivity index (χ2v) is 4.63. The molecule has 1 amide bonds. The summed E-state index contributed by atoms with van der Waals surface area (Å²) in [6.45, 7) is 0. The fourth-order valence-electron chi connectivity index (χ4n) is 1.45. The van der Waals surface area contributed by atoms with Crippen LogP contribution in [0.4, 0.5) is 15.8 Å². The first-order valence-corrected chi connectivity index (χ1v) is 6.04. The third-order valence-corrected chi connectivity index (χ3v) is 3.18. The van der Waals surface area contributed by atoms with Crippen LogP contribution in [0.1, 0.15) is 10.4 Å². The largest absolute Gasteiger partial charge is 0.396 e. The molecule has 2 aromatic rings. The van der Waals surface area contributed by atoms with Crippen LogP contribution in [0.2, 0.25) is 10.0 Å². The van der Waals surface area contributed by atoms with Crippen molar-refractivity contribution in [1.29, 1.82) is 0 Å². The van der Waals surface area contributed by atoms with Crippen molar-refractivity contribution in [3.63, 3.8) is 0 Å². The Morgan fingerprint density at radius 1 is 1.11 bits per heavy atom. The molecule has 19 heavy (non-hydrogen) atoms. The minimum absolute atomic E-state index is 0.00825. The molecule has 3 N–H and O–H groups in total. The average Bonchev–Trinajstić information content (AvgIpc) is 2.37. The molecule has 0 saturated carbocycles. The highest BCUT2D eigenvalue weighted by Crippen LogP contribution is 2.25. The number of amides is 1. The van der Waals surface area contributed by atoms with E-state index in [0.717, 1.165) is 6.07 Å². The van der Waals surface area contributed by atoms with Crippen LogP contribution in [-0.4, -0.2) is 5.91 Å². The van der Waals surface area contributed by atoms with E-state index in [4.69, 9.17) is 28.9 Å². The van der Waals surface area contributed by atoms with Crippen molar-refractivity contribution in [2.75, 3.05) is 11.1 Å². The Morgan fingerprint density at radius 3 is 2.47 bits per heavy atom. The van der Waals surface area contributed by atoms with Crippen molar-refractivity contribution in [1.82, 2.24) is 0 Å². The summed E-state index contributed by atoms with van der Waals surface area (Å²) in [6, 6.07) is 8.50. The Hall–Kier alpha value is -1.78. The first-order chi connectivity index (χ1) is 8.97. The van der Waals surface area contributed by atoms with Crippen molar-refractivity contribution in [2.24, 2.45) is 0 Å². The summed E-state index contributed by atoms with van der Waals surface area (Å²) >= 11 is 11.6. The predicted octanol–water partition coefficient (Wildman–Crippen LogP) is 3.97. The van der Waals surface area contributed by atoms with Crippen LogP contribution in [-0.2, 0) is 0 Å². The van der Waals surface area contributed by atoms with Gasteiger partial charge < -0.3 is 11.1 Å². The Kier molecular flexibility index (Phi) is 3.93. The molecule has 0 aliphatic carbocycles. The summed E-state index contributed by atoms with van der Waals surface area (Å²) in [5.74, 6) is -1.10. The van der Waals surface area contributed by atoms with E-state index in [9.17, 15) is 9.18 Å². The smallest absolute Gasteiger partial charge is 0.255 e. The number of nitrogen functional groups attached to an aromatic ring is 1. The van der Waals surface area contributed by atoms with Gasteiger partial charge in [0.2, 0.25) is 0 Å². The summed E-state index contributed by atoms with van der Waals surface area (Å²) in [7, 11) is 0. The molecule has 0 radical (unpaired) electrons. The monoisotopic (exact) mass is 298 g/mol. The van der Waals surface area contributed by atoms with Gasteiger partial charge in [-0.15, -0.1) is 0 Å². The van der Waals surface area contributed by atoms with E-state index in [2.05, 4.69) is 5.32 Å². The van der Waals surface area contributed by atoms with Gasteiger partial charge in [-0.1, -0.05) is 23.2 Å². The molecule has 0 aromatic heterocycles. The van der Waals surface area contributed by atoms with Crippen LogP contribution in [0.5, 0.6) is 0 Å². The maximum absolute atomic E-state index is 13.3. The first kappa shape index (κ1) is 13.6. The third kappa shape index (κ3) is 3.16. The minimum atomic E-state index is -0.637. The van der Waals surface area contributed by atoms with Crippen LogP contribution in [0.3, 0.4) is 0 Å². The lowest BCUT2D eigenvalue weighted by molar-refractivity contribution is 0.102. The number of carbonyl (C=O) groups excluding carboxylic acids is 1. The molecular formula is C13H9Cl2FN2O. The lowest BCUT2D eigenvalue weighted by Crippen LogP contribution is -2.12. The molecule has 0 aliphatic heterocycles. The standard InChI is InChI=1S/C13H9Cl2FN2O/c14-9-3-2-8(6-10(9)15)18-13(19)7-1-4-12(17)11(16)5-7/h1-6H,17H2,(H,18,19). The number of nitrogens with one attached hydrogen (secondary N) is 1. The molecule has 2 rings (SSSR count). The summed E-state index contributed by atoms with van der Waals surface area (Å²) in [4.78, 5) is 11.9. The molecule has 0 saturated heterocycles. The van der Waals surface area contributed by atoms with Crippen LogP contribution in [0.25, 0.3) is 0 Å². The average molecular weight is 299 g/mol. The second-order valence-electron chi connectivity index (χ2n) is 3.82.